The smallest absolute Gasteiger partial charge is 0.134 e. The van der Waals surface area contributed by atoms with E-state index in [1.54, 1.807) is 18.2 Å². The van der Waals surface area contributed by atoms with Crippen LogP contribution < -0.4 is 0 Å². The largest absolute Gasteiger partial charge is 0.206 e. The van der Waals surface area contributed by atoms with E-state index < -0.39 is 0 Å². The van der Waals surface area contributed by atoms with Gasteiger partial charge in [-0.2, -0.15) is 0 Å². The molecule has 0 aliphatic carbocycles. The lowest BCUT2D eigenvalue weighted by molar-refractivity contribution is 0.616. The van der Waals surface area contributed by atoms with Crippen molar-refractivity contribution >= 4 is 11.6 Å². The fraction of sp³-hybridized carbons (Fsp3) is 0.143. The monoisotopic (exact) mass is 234 g/mol. The van der Waals surface area contributed by atoms with Gasteiger partial charge in [-0.1, -0.05) is 48.9 Å². The lowest BCUT2D eigenvalue weighted by Crippen LogP contribution is -1.91. The Labute approximate surface area is 99.7 Å². The molecule has 0 spiro atoms. The van der Waals surface area contributed by atoms with Gasteiger partial charge in [-0.25, -0.2) is 4.39 Å². The molecule has 0 saturated carbocycles. The molecule has 0 aromatic heterocycles. The summed E-state index contributed by atoms with van der Waals surface area (Å²) in [5, 5.41) is 0.624. The van der Waals surface area contributed by atoms with Gasteiger partial charge in [0.05, 0.1) is 0 Å². The minimum atomic E-state index is -0.146. The van der Waals surface area contributed by atoms with Crippen molar-refractivity contribution in [1.82, 2.24) is 0 Å². The minimum Gasteiger partial charge on any atom is -0.206 e. The molecule has 2 aromatic carbocycles. The third-order valence-corrected chi connectivity index (χ3v) is 2.83. The Balaban J connectivity index is 2.56. The first-order chi connectivity index (χ1) is 7.72. The first kappa shape index (κ1) is 11.2. The lowest BCUT2D eigenvalue weighted by Gasteiger charge is -2.07. The highest BCUT2D eigenvalue weighted by Gasteiger charge is 2.08. The molecule has 0 N–H and O–H groups in total. The van der Waals surface area contributed by atoms with E-state index in [0.717, 1.165) is 11.1 Å². The predicted octanol–water partition coefficient (Wildman–Crippen LogP) is 4.71. The van der Waals surface area contributed by atoms with Gasteiger partial charge < -0.3 is 0 Å². The molecule has 0 fully saturated rings. The van der Waals surface area contributed by atoms with Crippen LogP contribution in [0.4, 0.5) is 4.39 Å². The molecule has 2 heteroatoms. The Kier molecular flexibility index (Phi) is 3.25. The maximum Gasteiger partial charge on any atom is 0.134 e. The Hall–Kier alpha value is -1.34. The number of halogens is 2. The molecule has 0 saturated heterocycles. The van der Waals surface area contributed by atoms with Crippen molar-refractivity contribution in [3.8, 4) is 11.1 Å². The van der Waals surface area contributed by atoms with Crippen LogP contribution in [0, 0.1) is 5.82 Å². The molecule has 0 heterocycles. The van der Waals surface area contributed by atoms with Gasteiger partial charge in [0, 0.05) is 10.6 Å². The van der Waals surface area contributed by atoms with Gasteiger partial charge in [-0.15, -0.1) is 0 Å². The molecule has 0 aliphatic heterocycles. The maximum atomic E-state index is 14.0. The van der Waals surface area contributed by atoms with Crippen LogP contribution >= 0.6 is 11.6 Å². The van der Waals surface area contributed by atoms with Crippen molar-refractivity contribution in [3.05, 3.63) is 58.9 Å². The third-order valence-electron chi connectivity index (χ3n) is 2.60. The molecule has 0 nitrogen and oxygen atoms in total. The molecule has 2 aromatic rings. The Morgan fingerprint density at radius 1 is 1.12 bits per heavy atom. The summed E-state index contributed by atoms with van der Waals surface area (Å²) in [4.78, 5) is 0. The van der Waals surface area contributed by atoms with Gasteiger partial charge in [-0.3, -0.25) is 0 Å². The second kappa shape index (κ2) is 4.67. The Morgan fingerprint density at radius 2 is 1.88 bits per heavy atom. The number of hydrogen-bond acceptors (Lipinski definition) is 0. The van der Waals surface area contributed by atoms with Crippen LogP contribution in [0.1, 0.15) is 12.5 Å². The summed E-state index contributed by atoms with van der Waals surface area (Å²) in [6.07, 6.45) is 0.695. The normalized spacial score (nSPS) is 10.4. The number of aryl methyl sites for hydroxylation is 1. The molecular weight excluding hydrogens is 223 g/mol. The van der Waals surface area contributed by atoms with E-state index in [-0.39, 0.29) is 5.82 Å². The van der Waals surface area contributed by atoms with Gasteiger partial charge >= 0.3 is 0 Å². The number of hydrogen-bond donors (Lipinski definition) is 0. The summed E-state index contributed by atoms with van der Waals surface area (Å²) in [5.41, 5.74) is 2.17. The first-order valence-corrected chi connectivity index (χ1v) is 5.63. The molecule has 2 rings (SSSR count). The van der Waals surface area contributed by atoms with E-state index in [0.29, 0.717) is 17.0 Å². The van der Waals surface area contributed by atoms with Gasteiger partial charge in [0.1, 0.15) is 5.82 Å². The van der Waals surface area contributed by atoms with E-state index in [4.69, 9.17) is 11.6 Å². The summed E-state index contributed by atoms with van der Waals surface area (Å²) in [7, 11) is 0. The summed E-state index contributed by atoms with van der Waals surface area (Å²) in [5.74, 6) is -0.146. The lowest BCUT2D eigenvalue weighted by atomic mass is 10.0. The SMILES string of the molecule is CCc1cccc(-c2cccc(Cl)c2)c1F. The van der Waals surface area contributed by atoms with Crippen molar-refractivity contribution in [3.63, 3.8) is 0 Å². The van der Waals surface area contributed by atoms with Crippen molar-refractivity contribution < 1.29 is 4.39 Å². The standard InChI is InChI=1S/C14H12ClF/c1-2-10-5-4-8-13(14(10)16)11-6-3-7-12(15)9-11/h3-9H,2H2,1H3. The zero-order chi connectivity index (χ0) is 11.5. The molecule has 0 amide bonds. The van der Waals surface area contributed by atoms with Crippen LogP contribution in [-0.4, -0.2) is 0 Å². The zero-order valence-corrected chi connectivity index (χ0v) is 9.76. The van der Waals surface area contributed by atoms with E-state index in [1.165, 1.54) is 0 Å². The second-order valence-corrected chi connectivity index (χ2v) is 4.08. The predicted molar refractivity (Wildman–Crippen MR) is 66.2 cm³/mol. The Morgan fingerprint density at radius 3 is 2.56 bits per heavy atom. The zero-order valence-electron chi connectivity index (χ0n) is 9.00. The van der Waals surface area contributed by atoms with Gasteiger partial charge in [0.2, 0.25) is 0 Å². The van der Waals surface area contributed by atoms with Crippen LogP contribution in [0.15, 0.2) is 42.5 Å². The highest BCUT2D eigenvalue weighted by Crippen LogP contribution is 2.27. The number of rotatable bonds is 2. The highest BCUT2D eigenvalue weighted by atomic mass is 35.5. The van der Waals surface area contributed by atoms with Gasteiger partial charge in [0.15, 0.2) is 0 Å². The number of benzene rings is 2. The molecular formula is C14H12ClF. The molecule has 0 aliphatic rings. The molecule has 0 atom stereocenters. The average molecular weight is 235 g/mol. The van der Waals surface area contributed by atoms with E-state index in [2.05, 4.69) is 0 Å². The van der Waals surface area contributed by atoms with Gasteiger partial charge in [-0.05, 0) is 29.7 Å². The maximum absolute atomic E-state index is 14.0. The van der Waals surface area contributed by atoms with Crippen molar-refractivity contribution in [1.29, 1.82) is 0 Å². The van der Waals surface area contributed by atoms with Crippen molar-refractivity contribution in [2.45, 2.75) is 13.3 Å². The third kappa shape index (κ3) is 2.10. The minimum absolute atomic E-state index is 0.146. The quantitative estimate of drug-likeness (QED) is 0.706. The van der Waals surface area contributed by atoms with Crippen LogP contribution in [0.2, 0.25) is 5.02 Å². The van der Waals surface area contributed by atoms with E-state index in [1.807, 2.05) is 31.2 Å². The molecule has 0 radical (unpaired) electrons. The van der Waals surface area contributed by atoms with Crippen LogP contribution in [-0.2, 0) is 6.42 Å². The van der Waals surface area contributed by atoms with Crippen molar-refractivity contribution in [2.24, 2.45) is 0 Å². The average Bonchev–Trinajstić information content (AvgIpc) is 2.29. The second-order valence-electron chi connectivity index (χ2n) is 3.64. The topological polar surface area (TPSA) is 0 Å². The highest BCUT2D eigenvalue weighted by molar-refractivity contribution is 6.30. The van der Waals surface area contributed by atoms with Crippen molar-refractivity contribution in [2.75, 3.05) is 0 Å². The van der Waals surface area contributed by atoms with Crippen LogP contribution in [0.3, 0.4) is 0 Å². The summed E-state index contributed by atoms with van der Waals surface area (Å²) in [6, 6.07) is 12.7. The first-order valence-electron chi connectivity index (χ1n) is 5.25. The fourth-order valence-corrected chi connectivity index (χ4v) is 1.92. The van der Waals surface area contributed by atoms with Crippen LogP contribution in [0.25, 0.3) is 11.1 Å². The summed E-state index contributed by atoms with van der Waals surface area (Å²) >= 11 is 5.90. The van der Waals surface area contributed by atoms with E-state index >= 15 is 0 Å². The fourth-order valence-electron chi connectivity index (χ4n) is 1.73. The molecule has 0 unspecified atom stereocenters. The molecule has 16 heavy (non-hydrogen) atoms. The summed E-state index contributed by atoms with van der Waals surface area (Å²) in [6.45, 7) is 1.94. The van der Waals surface area contributed by atoms with Crippen LogP contribution in [0.5, 0.6) is 0 Å². The molecule has 82 valence electrons. The molecule has 0 bridgehead atoms. The Bertz CT molecular complexity index is 506. The van der Waals surface area contributed by atoms with Gasteiger partial charge in [0.25, 0.3) is 0 Å². The van der Waals surface area contributed by atoms with E-state index in [9.17, 15) is 4.39 Å². The summed E-state index contributed by atoms with van der Waals surface area (Å²) < 4.78 is 14.0.